The van der Waals surface area contributed by atoms with E-state index < -0.39 is 0 Å². The second kappa shape index (κ2) is 74.2. The highest BCUT2D eigenvalue weighted by molar-refractivity contribution is 5.78. The van der Waals surface area contributed by atoms with Crippen molar-refractivity contribution in [2.75, 3.05) is 282 Å². The Kier molecular flexibility index (Phi) is 65.5. The third kappa shape index (κ3) is 55.2. The van der Waals surface area contributed by atoms with Gasteiger partial charge < -0.3 is 96.4 Å². The third-order valence-electron chi connectivity index (χ3n) is 30.8. The predicted molar refractivity (Wildman–Crippen MR) is 600 cm³/mol. The van der Waals surface area contributed by atoms with Gasteiger partial charge >= 0.3 is 0 Å². The summed E-state index contributed by atoms with van der Waals surface area (Å²) in [6.45, 7) is 94.2. The molecular formula is C118H225N15O15. The van der Waals surface area contributed by atoms with E-state index in [1.165, 1.54) is 129 Å². The summed E-state index contributed by atoms with van der Waals surface area (Å²) in [6.07, 6.45) is 27.4. The number of fused-ring (bicyclic) bond motifs is 1. The number of nitrogens with zero attached hydrogens (tertiary/aromatic N) is 15. The minimum atomic E-state index is 0.178. The second-order valence-electron chi connectivity index (χ2n) is 48.9. The summed E-state index contributed by atoms with van der Waals surface area (Å²) >= 11 is 0. The summed E-state index contributed by atoms with van der Waals surface area (Å²) in [5.41, 5.74) is 1.28. The molecule has 11 saturated heterocycles. The minimum Gasteiger partial charge on any atom is -0.379 e. The zero-order chi connectivity index (χ0) is 108. The van der Waals surface area contributed by atoms with E-state index in [1.54, 1.807) is 0 Å². The van der Waals surface area contributed by atoms with Crippen molar-refractivity contribution in [2.45, 2.75) is 380 Å². The van der Waals surface area contributed by atoms with Crippen LogP contribution in [0.3, 0.4) is 0 Å². The van der Waals surface area contributed by atoms with Gasteiger partial charge in [-0.2, -0.15) is 5.10 Å². The molecule has 12 rings (SSSR count). The summed E-state index contributed by atoms with van der Waals surface area (Å²) < 4.78 is 58.3. The minimum absolute atomic E-state index is 0.178. The number of piperidine rings is 5. The van der Waals surface area contributed by atoms with Crippen molar-refractivity contribution in [3.63, 3.8) is 0 Å². The lowest BCUT2D eigenvalue weighted by Gasteiger charge is -2.47. The Labute approximate surface area is 903 Å². The molecule has 862 valence electrons. The first-order valence-corrected chi connectivity index (χ1v) is 60.1. The van der Waals surface area contributed by atoms with Crippen molar-refractivity contribution in [3.8, 4) is 0 Å². The van der Waals surface area contributed by atoms with Crippen molar-refractivity contribution in [1.82, 2.24) is 73.5 Å². The number of carbonyl (C=O) groups excluding carboxylic acids is 5. The van der Waals surface area contributed by atoms with Gasteiger partial charge in [-0.3, -0.25) is 43.4 Å². The van der Waals surface area contributed by atoms with Gasteiger partial charge in [-0.1, -0.05) is 96.9 Å². The molecule has 0 aliphatic carbocycles. The fourth-order valence-corrected chi connectivity index (χ4v) is 22.7. The van der Waals surface area contributed by atoms with Crippen LogP contribution in [0.1, 0.15) is 312 Å². The van der Waals surface area contributed by atoms with E-state index >= 15 is 0 Å². The molecule has 0 saturated carbocycles. The summed E-state index contributed by atoms with van der Waals surface area (Å²) in [6, 6.07) is 1.78. The molecule has 4 atom stereocenters. The van der Waals surface area contributed by atoms with E-state index in [0.717, 1.165) is 230 Å². The molecule has 12 heterocycles. The van der Waals surface area contributed by atoms with Gasteiger partial charge in [0.2, 0.25) is 29.5 Å². The van der Waals surface area contributed by atoms with Crippen LogP contribution in [-0.4, -0.2) is 452 Å². The maximum absolute atomic E-state index is 12.4. The molecule has 30 nitrogen and oxygen atoms in total. The van der Waals surface area contributed by atoms with Crippen LogP contribution >= 0.6 is 0 Å². The van der Waals surface area contributed by atoms with Crippen LogP contribution in [0, 0.1) is 53.3 Å². The average molecular weight is 2090 g/mol. The first-order valence-electron chi connectivity index (χ1n) is 60.1. The molecule has 0 aromatic carbocycles. The lowest BCUT2D eigenvalue weighted by Crippen LogP contribution is -2.63. The summed E-state index contributed by atoms with van der Waals surface area (Å²) in [5, 5.41) is 4.39. The Morgan fingerprint density at radius 3 is 1.09 bits per heavy atom. The number of piperazine rings is 2. The summed E-state index contributed by atoms with van der Waals surface area (Å²) in [7, 11) is 0. The predicted octanol–water partition coefficient (Wildman–Crippen LogP) is 16.0. The number of amides is 5. The van der Waals surface area contributed by atoms with Gasteiger partial charge in [0, 0.05) is 201 Å². The number of aromatic nitrogens is 2. The number of hydrogen-bond acceptors (Lipinski definition) is 24. The van der Waals surface area contributed by atoms with Crippen LogP contribution < -0.4 is 0 Å². The third-order valence-corrected chi connectivity index (χ3v) is 30.8. The van der Waals surface area contributed by atoms with Crippen molar-refractivity contribution >= 4 is 29.5 Å². The van der Waals surface area contributed by atoms with Gasteiger partial charge in [-0.05, 0) is 269 Å². The molecule has 4 unspecified atom stereocenters. The Balaban J connectivity index is 0.000000241. The van der Waals surface area contributed by atoms with Crippen molar-refractivity contribution in [1.29, 1.82) is 0 Å². The first kappa shape index (κ1) is 131. The van der Waals surface area contributed by atoms with Gasteiger partial charge in [-0.15, -0.1) is 0 Å². The largest absolute Gasteiger partial charge is 0.379 e. The number of carbonyl (C=O) groups is 5. The summed E-state index contributed by atoms with van der Waals surface area (Å²) in [4.78, 5) is 92.4. The Morgan fingerprint density at radius 2 is 0.662 bits per heavy atom. The normalized spacial score (nSPS) is 21.7. The van der Waals surface area contributed by atoms with Crippen molar-refractivity contribution < 1.29 is 71.3 Å². The highest BCUT2D eigenvalue weighted by atomic mass is 16.5. The van der Waals surface area contributed by atoms with Crippen LogP contribution in [0.15, 0.2) is 12.4 Å². The fourth-order valence-electron chi connectivity index (χ4n) is 22.7. The van der Waals surface area contributed by atoms with Gasteiger partial charge in [0.25, 0.3) is 0 Å². The smallest absolute Gasteiger partial charge is 0.225 e. The maximum atomic E-state index is 12.4. The second-order valence-corrected chi connectivity index (χ2v) is 48.9. The monoisotopic (exact) mass is 2090 g/mol. The molecule has 11 aliphatic rings. The number of rotatable bonds is 55. The maximum Gasteiger partial charge on any atom is 0.225 e. The number of unbranched alkanes of at least 4 members (excludes halogenated alkanes) is 1. The lowest BCUT2D eigenvalue weighted by molar-refractivity contribution is -0.137. The van der Waals surface area contributed by atoms with Crippen molar-refractivity contribution in [2.24, 2.45) is 53.3 Å². The highest BCUT2D eigenvalue weighted by Crippen LogP contribution is 2.36. The molecule has 1 aromatic rings. The fraction of sp³-hybridized carbons (Fsp3) is 0.932. The zero-order valence-electron chi connectivity index (χ0n) is 99.1. The highest BCUT2D eigenvalue weighted by Gasteiger charge is 2.48. The Bertz CT molecular complexity index is 3560. The number of aryl methyl sites for hydroxylation is 1. The molecule has 0 bridgehead atoms. The van der Waals surface area contributed by atoms with Crippen molar-refractivity contribution in [3.05, 3.63) is 18.0 Å². The SMILES string of the molecule is CC(C)CN1CC2C1CCN2C(=O)CCOCCOC(C)C.CC(C)CN1CCC(C2CCN(C(=O)CCOCCOC(C)C)C2)CC1.CC(C)CN1CCC(CCN2CCN(C(C)C)CC2)CC1.CC(C)CN1CCC(OC2CCN(C(=O)CCOCCOC(C)C)C2)CC1.CC(C)CN1CCC(OC2CCN(C(=O)CCOCCOC(C)C)CC2)CC1.CC(C)CN1CCN(C(=O)CCCCn2cc(C(C)C)cn2)CC1. The molecule has 1 aromatic heterocycles. The van der Waals surface area contributed by atoms with E-state index in [2.05, 4.69) is 171 Å². The van der Waals surface area contributed by atoms with Crippen LogP contribution in [0.5, 0.6) is 0 Å². The van der Waals surface area contributed by atoms with E-state index in [1.807, 2.05) is 81.0 Å². The Morgan fingerprint density at radius 1 is 0.304 bits per heavy atom. The van der Waals surface area contributed by atoms with Gasteiger partial charge in [-0.25, -0.2) is 0 Å². The topological polar surface area (TPSA) is 238 Å². The molecule has 0 N–H and O–H groups in total. The lowest BCUT2D eigenvalue weighted by atomic mass is 9.83. The van der Waals surface area contributed by atoms with E-state index in [0.29, 0.717) is 171 Å². The van der Waals surface area contributed by atoms with Crippen LogP contribution in [0.25, 0.3) is 0 Å². The van der Waals surface area contributed by atoms with Gasteiger partial charge in [0.05, 0.1) is 166 Å². The van der Waals surface area contributed by atoms with Crippen LogP contribution in [-0.2, 0) is 77.9 Å². The molecule has 0 spiro atoms. The quantitative estimate of drug-likeness (QED) is 0.0551. The number of hydrogen-bond donors (Lipinski definition) is 0. The molecule has 11 aliphatic heterocycles. The van der Waals surface area contributed by atoms with E-state index in [-0.39, 0.29) is 54.1 Å². The summed E-state index contributed by atoms with van der Waals surface area (Å²) in [5.74, 6) is 8.66. The van der Waals surface area contributed by atoms with Gasteiger partial charge in [0.1, 0.15) is 0 Å². The molecule has 148 heavy (non-hydrogen) atoms. The average Bonchev–Trinajstić information content (AvgIpc) is 1.61. The molecular weight excluding hydrogens is 1870 g/mol. The molecule has 5 amide bonds. The molecule has 11 fully saturated rings. The number of likely N-dealkylation sites (tertiary alicyclic amines) is 9. The molecule has 0 radical (unpaired) electrons. The standard InChI is InChI=1S/C22H42N2O4.C21H40N2O4.C21H40N2O3.C19H34N4O.C18H37N3.C17H32N2O3/c1-18(2)17-23-10-5-20(6-11-23)28-21-7-12-24(13-8-21)22(25)9-14-26-15-16-27-19(3)4;1-17(2)15-22-9-5-19(6-10-22)27-20-7-11-23(16-20)21(24)8-12-25-13-14-26-18(3)4;1-17(2)15-22-9-5-19(6-10-22)20-7-11-23(16-20)21(24)8-12-25-13-14-26-18(3)4;1-16(2)14-21-9-11-22(12-10-21)19(24)7-5-6-8-23-15-18(13-20-23)17(3)4;1-16(2)15-20-9-6-18(7-10-20)5-8-19-11-13-21(14-12-19)17(3)4;1-13(2)11-18-12-16-15(18)5-7-19(16)17(20)6-8-21-9-10-22-14(3)4/h18-21H,5-17H2,1-4H3;17-20H,5-16H2,1-4H3;17-20H,5-16H2,1-4H3;13,15-17H,5-12,14H2,1-4H3;16-18H,5-15H2,1-4H3;13-16H,5-12H2,1-4H3. The first-order chi connectivity index (χ1) is 70.8. The van der Waals surface area contributed by atoms with E-state index in [4.69, 9.17) is 47.4 Å². The zero-order valence-corrected chi connectivity index (χ0v) is 99.1. The van der Waals surface area contributed by atoms with Gasteiger partial charge in [0.15, 0.2) is 0 Å². The van der Waals surface area contributed by atoms with E-state index in [9.17, 15) is 24.0 Å². The van der Waals surface area contributed by atoms with Crippen LogP contribution in [0.4, 0.5) is 0 Å². The Hall–Kier alpha value is -4.16. The molecule has 30 heteroatoms. The van der Waals surface area contributed by atoms with Crippen LogP contribution in [0.2, 0.25) is 0 Å². The number of ether oxygens (including phenoxy) is 10.